The molecule has 1 aliphatic carbocycles. The Morgan fingerprint density at radius 2 is 1.89 bits per heavy atom. The summed E-state index contributed by atoms with van der Waals surface area (Å²) < 4.78 is 5.49. The Morgan fingerprint density at radius 3 is 2.56 bits per heavy atom. The van der Waals surface area contributed by atoms with E-state index in [1.165, 1.54) is 12.0 Å². The Hall–Kier alpha value is -1.51. The molecule has 98 valence electrons. The zero-order valence-corrected chi connectivity index (χ0v) is 11.1. The van der Waals surface area contributed by atoms with Gasteiger partial charge in [-0.2, -0.15) is 0 Å². The van der Waals surface area contributed by atoms with Gasteiger partial charge in [-0.15, -0.1) is 0 Å². The minimum absolute atomic E-state index is 0.0733. The molecular weight excluding hydrogens is 226 g/mol. The number of ether oxygens (including phenoxy) is 1. The monoisotopic (exact) mass is 247 g/mol. The largest absolute Gasteiger partial charge is 0.446 e. The fourth-order valence-electron chi connectivity index (χ4n) is 2.38. The predicted molar refractivity (Wildman–Crippen MR) is 72.7 cm³/mol. The Balaban J connectivity index is 1.86. The molecule has 1 N–H and O–H groups in total. The molecule has 0 bridgehead atoms. The van der Waals surface area contributed by atoms with Crippen LogP contribution in [0.2, 0.25) is 0 Å². The second kappa shape index (κ2) is 5.89. The van der Waals surface area contributed by atoms with Gasteiger partial charge in [-0.05, 0) is 44.2 Å². The van der Waals surface area contributed by atoms with Crippen molar-refractivity contribution in [2.24, 2.45) is 5.92 Å². The molecular formula is C15H21NO2. The van der Waals surface area contributed by atoms with Crippen LogP contribution in [-0.2, 0) is 4.74 Å². The zero-order chi connectivity index (χ0) is 13.0. The highest BCUT2D eigenvalue weighted by molar-refractivity contribution is 5.84. The molecule has 3 heteroatoms. The number of benzene rings is 1. The van der Waals surface area contributed by atoms with E-state index in [0.29, 0.717) is 5.92 Å². The van der Waals surface area contributed by atoms with Crippen molar-refractivity contribution in [3.63, 3.8) is 0 Å². The standard InChI is InChI=1S/C15H21NO2/c1-11-7-9-13(10-8-11)16-15(17)18-14-6-4-3-5-12(14)2/h7-10,12,14H,3-6H2,1-2H3,(H,16,17)/t12-,14-/m0/s1. The highest BCUT2D eigenvalue weighted by atomic mass is 16.6. The van der Waals surface area contributed by atoms with Gasteiger partial charge in [0, 0.05) is 5.69 Å². The number of anilines is 1. The van der Waals surface area contributed by atoms with E-state index in [0.717, 1.165) is 24.9 Å². The number of amides is 1. The van der Waals surface area contributed by atoms with Crippen LogP contribution in [0.15, 0.2) is 24.3 Å². The molecule has 0 aromatic heterocycles. The zero-order valence-electron chi connectivity index (χ0n) is 11.1. The first-order valence-electron chi connectivity index (χ1n) is 6.69. The van der Waals surface area contributed by atoms with Crippen molar-refractivity contribution in [3.8, 4) is 0 Å². The Morgan fingerprint density at radius 1 is 1.22 bits per heavy atom. The summed E-state index contributed by atoms with van der Waals surface area (Å²) in [6, 6.07) is 7.72. The third-order valence-electron chi connectivity index (χ3n) is 3.59. The van der Waals surface area contributed by atoms with Gasteiger partial charge in [-0.25, -0.2) is 4.79 Å². The fraction of sp³-hybridized carbons (Fsp3) is 0.533. The van der Waals surface area contributed by atoms with E-state index in [9.17, 15) is 4.79 Å². The number of aryl methyl sites for hydroxylation is 1. The van der Waals surface area contributed by atoms with Gasteiger partial charge in [0.05, 0.1) is 0 Å². The van der Waals surface area contributed by atoms with Crippen LogP contribution in [0.1, 0.15) is 38.2 Å². The minimum atomic E-state index is -0.336. The van der Waals surface area contributed by atoms with Crippen LogP contribution in [0.25, 0.3) is 0 Å². The summed E-state index contributed by atoms with van der Waals surface area (Å²) in [7, 11) is 0. The molecule has 1 aliphatic rings. The number of rotatable bonds is 2. The third-order valence-corrected chi connectivity index (χ3v) is 3.59. The molecule has 1 saturated carbocycles. The molecule has 2 atom stereocenters. The number of carbonyl (C=O) groups excluding carboxylic acids is 1. The average Bonchev–Trinajstić information content (AvgIpc) is 2.35. The van der Waals surface area contributed by atoms with Crippen molar-refractivity contribution in [2.75, 3.05) is 5.32 Å². The summed E-state index contributed by atoms with van der Waals surface area (Å²) in [6.07, 6.45) is 4.29. The molecule has 1 aromatic rings. The smallest absolute Gasteiger partial charge is 0.411 e. The Labute approximate surface area is 109 Å². The van der Waals surface area contributed by atoms with Gasteiger partial charge in [-0.1, -0.05) is 31.0 Å². The van der Waals surface area contributed by atoms with Gasteiger partial charge in [0.25, 0.3) is 0 Å². The number of carbonyl (C=O) groups is 1. The van der Waals surface area contributed by atoms with E-state index in [2.05, 4.69) is 12.2 Å². The normalized spacial score (nSPS) is 23.4. The van der Waals surface area contributed by atoms with E-state index >= 15 is 0 Å². The average molecular weight is 247 g/mol. The SMILES string of the molecule is Cc1ccc(NC(=O)O[C@H]2CCCC[C@@H]2C)cc1. The van der Waals surface area contributed by atoms with Gasteiger partial charge >= 0.3 is 6.09 Å². The molecule has 0 aliphatic heterocycles. The molecule has 0 radical (unpaired) electrons. The maximum Gasteiger partial charge on any atom is 0.411 e. The van der Waals surface area contributed by atoms with Crippen molar-refractivity contribution in [3.05, 3.63) is 29.8 Å². The molecule has 3 nitrogen and oxygen atoms in total. The molecule has 1 amide bonds. The van der Waals surface area contributed by atoms with E-state index in [1.807, 2.05) is 31.2 Å². The molecule has 2 rings (SSSR count). The maximum atomic E-state index is 11.8. The van der Waals surface area contributed by atoms with E-state index < -0.39 is 0 Å². The van der Waals surface area contributed by atoms with Crippen LogP contribution in [-0.4, -0.2) is 12.2 Å². The highest BCUT2D eigenvalue weighted by Gasteiger charge is 2.24. The Kier molecular flexibility index (Phi) is 4.24. The van der Waals surface area contributed by atoms with Gasteiger partial charge in [0.15, 0.2) is 0 Å². The number of hydrogen-bond acceptors (Lipinski definition) is 2. The quantitative estimate of drug-likeness (QED) is 0.853. The third kappa shape index (κ3) is 3.49. The van der Waals surface area contributed by atoms with Gasteiger partial charge in [-0.3, -0.25) is 5.32 Å². The van der Waals surface area contributed by atoms with Crippen molar-refractivity contribution in [1.82, 2.24) is 0 Å². The summed E-state index contributed by atoms with van der Waals surface area (Å²) in [6.45, 7) is 4.18. The molecule has 18 heavy (non-hydrogen) atoms. The van der Waals surface area contributed by atoms with Crippen molar-refractivity contribution >= 4 is 11.8 Å². The maximum absolute atomic E-state index is 11.8. The van der Waals surface area contributed by atoms with Crippen molar-refractivity contribution in [1.29, 1.82) is 0 Å². The van der Waals surface area contributed by atoms with Crippen LogP contribution in [0.5, 0.6) is 0 Å². The first-order valence-corrected chi connectivity index (χ1v) is 6.69. The lowest BCUT2D eigenvalue weighted by atomic mass is 9.88. The number of nitrogens with one attached hydrogen (secondary N) is 1. The molecule has 1 aromatic carbocycles. The summed E-state index contributed by atoms with van der Waals surface area (Å²) in [4.78, 5) is 11.8. The summed E-state index contributed by atoms with van der Waals surface area (Å²) in [5.74, 6) is 0.475. The first-order chi connectivity index (χ1) is 8.65. The van der Waals surface area contributed by atoms with Crippen LogP contribution in [0, 0.1) is 12.8 Å². The van der Waals surface area contributed by atoms with Crippen LogP contribution >= 0.6 is 0 Å². The lowest BCUT2D eigenvalue weighted by Crippen LogP contribution is -2.30. The second-order valence-corrected chi connectivity index (χ2v) is 5.20. The van der Waals surface area contributed by atoms with Crippen LogP contribution < -0.4 is 5.32 Å². The fourth-order valence-corrected chi connectivity index (χ4v) is 2.38. The topological polar surface area (TPSA) is 38.3 Å². The van der Waals surface area contributed by atoms with Crippen LogP contribution in [0.4, 0.5) is 10.5 Å². The van der Waals surface area contributed by atoms with Gasteiger partial charge in [0.1, 0.15) is 6.10 Å². The second-order valence-electron chi connectivity index (χ2n) is 5.20. The molecule has 0 unspecified atom stereocenters. The molecule has 0 heterocycles. The summed E-state index contributed by atoms with van der Waals surface area (Å²) >= 11 is 0. The molecule has 0 saturated heterocycles. The molecule has 1 fully saturated rings. The predicted octanol–water partition coefficient (Wildman–Crippen LogP) is 4.12. The number of hydrogen-bond donors (Lipinski definition) is 1. The van der Waals surface area contributed by atoms with Crippen LogP contribution in [0.3, 0.4) is 0 Å². The lowest BCUT2D eigenvalue weighted by Gasteiger charge is -2.28. The van der Waals surface area contributed by atoms with Crippen molar-refractivity contribution in [2.45, 2.75) is 45.6 Å². The highest BCUT2D eigenvalue weighted by Crippen LogP contribution is 2.26. The first kappa shape index (κ1) is 12.9. The van der Waals surface area contributed by atoms with E-state index in [1.54, 1.807) is 0 Å². The summed E-state index contributed by atoms with van der Waals surface area (Å²) in [5, 5.41) is 2.78. The van der Waals surface area contributed by atoms with Gasteiger partial charge < -0.3 is 4.74 Å². The van der Waals surface area contributed by atoms with Crippen molar-refractivity contribution < 1.29 is 9.53 Å². The minimum Gasteiger partial charge on any atom is -0.446 e. The summed E-state index contributed by atoms with van der Waals surface area (Å²) in [5.41, 5.74) is 1.96. The van der Waals surface area contributed by atoms with Gasteiger partial charge in [0.2, 0.25) is 0 Å². The van der Waals surface area contributed by atoms with E-state index in [-0.39, 0.29) is 12.2 Å². The van der Waals surface area contributed by atoms with E-state index in [4.69, 9.17) is 4.74 Å². The molecule has 0 spiro atoms. The lowest BCUT2D eigenvalue weighted by molar-refractivity contribution is 0.0524. The Bertz CT molecular complexity index is 399.